The lowest BCUT2D eigenvalue weighted by molar-refractivity contribution is -0.123. The van der Waals surface area contributed by atoms with Crippen LogP contribution in [0.25, 0.3) is 0 Å². The lowest BCUT2D eigenvalue weighted by Crippen LogP contribution is -2.47. The Labute approximate surface area is 133 Å². The van der Waals surface area contributed by atoms with Gasteiger partial charge in [-0.05, 0) is 38.3 Å². The molecule has 0 heterocycles. The Morgan fingerprint density at radius 3 is 2.18 bits per heavy atom. The van der Waals surface area contributed by atoms with E-state index in [4.69, 9.17) is 0 Å². The minimum Gasteiger partial charge on any atom is -0.352 e. The molecule has 2 N–H and O–H groups in total. The molecule has 0 spiro atoms. The van der Waals surface area contributed by atoms with E-state index >= 15 is 0 Å². The molecular formula is C18H28N2O2. The molecule has 2 unspecified atom stereocenters. The number of nitrogens with one attached hydrogen (secondary N) is 2. The Morgan fingerprint density at radius 2 is 1.59 bits per heavy atom. The number of hydrogen-bond acceptors (Lipinski definition) is 2. The Morgan fingerprint density at radius 1 is 0.955 bits per heavy atom. The quantitative estimate of drug-likeness (QED) is 0.775. The Kier molecular flexibility index (Phi) is 7.64. The summed E-state index contributed by atoms with van der Waals surface area (Å²) in [6.07, 6.45) is 3.23. The van der Waals surface area contributed by atoms with E-state index in [-0.39, 0.29) is 17.9 Å². The summed E-state index contributed by atoms with van der Waals surface area (Å²) in [7, 11) is 0. The van der Waals surface area contributed by atoms with Crippen molar-refractivity contribution in [3.63, 3.8) is 0 Å². The first-order valence-corrected chi connectivity index (χ1v) is 8.06. The zero-order valence-corrected chi connectivity index (χ0v) is 14.1. The van der Waals surface area contributed by atoms with Crippen LogP contribution < -0.4 is 10.6 Å². The van der Waals surface area contributed by atoms with Crippen LogP contribution in [0.15, 0.2) is 30.3 Å². The lowest BCUT2D eigenvalue weighted by atomic mass is 10.0. The van der Waals surface area contributed by atoms with Gasteiger partial charge in [-0.3, -0.25) is 9.59 Å². The highest BCUT2D eigenvalue weighted by Crippen LogP contribution is 2.08. The zero-order valence-electron chi connectivity index (χ0n) is 14.1. The van der Waals surface area contributed by atoms with Crippen molar-refractivity contribution in [1.29, 1.82) is 0 Å². The zero-order chi connectivity index (χ0) is 16.5. The maximum Gasteiger partial charge on any atom is 0.251 e. The Balaban J connectivity index is 2.37. The lowest BCUT2D eigenvalue weighted by Gasteiger charge is -2.19. The second-order valence-corrected chi connectivity index (χ2v) is 6.30. The minimum atomic E-state index is -0.541. The highest BCUT2D eigenvalue weighted by molar-refractivity contribution is 5.97. The first-order chi connectivity index (χ1) is 10.4. The SMILES string of the molecule is CC(C)CCCC(C)NC(=O)C(C)NC(=O)c1ccccc1. The topological polar surface area (TPSA) is 58.2 Å². The molecule has 0 bridgehead atoms. The van der Waals surface area contributed by atoms with Gasteiger partial charge in [0.2, 0.25) is 5.91 Å². The van der Waals surface area contributed by atoms with E-state index in [1.54, 1.807) is 31.2 Å². The van der Waals surface area contributed by atoms with Crippen LogP contribution in [0.1, 0.15) is 57.3 Å². The summed E-state index contributed by atoms with van der Waals surface area (Å²) < 4.78 is 0. The third kappa shape index (κ3) is 6.74. The molecule has 0 aliphatic rings. The molecular weight excluding hydrogens is 276 g/mol. The summed E-state index contributed by atoms with van der Waals surface area (Å²) in [5, 5.41) is 5.68. The molecule has 0 radical (unpaired) electrons. The first kappa shape index (κ1) is 18.2. The van der Waals surface area contributed by atoms with Gasteiger partial charge in [-0.1, -0.05) is 44.9 Å². The Bertz CT molecular complexity index is 471. The second-order valence-electron chi connectivity index (χ2n) is 6.30. The molecule has 2 amide bonds. The average molecular weight is 304 g/mol. The largest absolute Gasteiger partial charge is 0.352 e. The number of rotatable bonds is 8. The molecule has 0 aromatic heterocycles. The molecule has 122 valence electrons. The van der Waals surface area contributed by atoms with E-state index < -0.39 is 6.04 Å². The number of carbonyl (C=O) groups is 2. The highest BCUT2D eigenvalue weighted by Gasteiger charge is 2.17. The molecule has 0 saturated heterocycles. The summed E-state index contributed by atoms with van der Waals surface area (Å²) in [4.78, 5) is 24.1. The van der Waals surface area contributed by atoms with Crippen molar-refractivity contribution in [3.8, 4) is 0 Å². The van der Waals surface area contributed by atoms with Crippen LogP contribution in [0.3, 0.4) is 0 Å². The molecule has 0 aliphatic carbocycles. The van der Waals surface area contributed by atoms with Crippen LogP contribution >= 0.6 is 0 Å². The van der Waals surface area contributed by atoms with Crippen molar-refractivity contribution in [3.05, 3.63) is 35.9 Å². The van der Waals surface area contributed by atoms with Gasteiger partial charge < -0.3 is 10.6 Å². The van der Waals surface area contributed by atoms with Gasteiger partial charge in [-0.15, -0.1) is 0 Å². The normalized spacial score (nSPS) is 13.5. The van der Waals surface area contributed by atoms with Crippen LogP contribution in [0.5, 0.6) is 0 Å². The third-order valence-corrected chi connectivity index (χ3v) is 3.58. The van der Waals surface area contributed by atoms with E-state index in [9.17, 15) is 9.59 Å². The molecule has 4 nitrogen and oxygen atoms in total. The fourth-order valence-electron chi connectivity index (χ4n) is 2.21. The fraction of sp³-hybridized carbons (Fsp3) is 0.556. The molecule has 0 fully saturated rings. The highest BCUT2D eigenvalue weighted by atomic mass is 16.2. The van der Waals surface area contributed by atoms with Gasteiger partial charge in [0.1, 0.15) is 6.04 Å². The minimum absolute atomic E-state index is 0.127. The summed E-state index contributed by atoms with van der Waals surface area (Å²) in [5.74, 6) is 0.323. The molecule has 1 aromatic carbocycles. The van der Waals surface area contributed by atoms with E-state index in [0.29, 0.717) is 11.5 Å². The molecule has 0 saturated carbocycles. The molecule has 0 aliphatic heterocycles. The summed E-state index contributed by atoms with van der Waals surface area (Å²) >= 11 is 0. The average Bonchev–Trinajstić information content (AvgIpc) is 2.47. The molecule has 1 rings (SSSR count). The monoisotopic (exact) mass is 304 g/mol. The fourth-order valence-corrected chi connectivity index (χ4v) is 2.21. The van der Waals surface area contributed by atoms with Crippen molar-refractivity contribution in [2.75, 3.05) is 0 Å². The first-order valence-electron chi connectivity index (χ1n) is 8.06. The predicted octanol–water partition coefficient (Wildman–Crippen LogP) is 3.14. The number of amides is 2. The molecule has 22 heavy (non-hydrogen) atoms. The standard InChI is InChI=1S/C18H28N2O2/c1-13(2)9-8-10-14(3)19-17(21)15(4)20-18(22)16-11-6-5-7-12-16/h5-7,11-15H,8-10H2,1-4H3,(H,19,21)(H,20,22). The van der Waals surface area contributed by atoms with Crippen molar-refractivity contribution >= 4 is 11.8 Å². The second kappa shape index (κ2) is 9.23. The van der Waals surface area contributed by atoms with Gasteiger partial charge in [0.15, 0.2) is 0 Å². The summed E-state index contributed by atoms with van der Waals surface area (Å²) in [6.45, 7) is 8.11. The maximum atomic E-state index is 12.1. The van der Waals surface area contributed by atoms with Crippen LogP contribution in [-0.4, -0.2) is 23.9 Å². The molecule has 4 heteroatoms. The van der Waals surface area contributed by atoms with E-state index in [2.05, 4.69) is 24.5 Å². The van der Waals surface area contributed by atoms with Gasteiger partial charge >= 0.3 is 0 Å². The van der Waals surface area contributed by atoms with Crippen molar-refractivity contribution in [1.82, 2.24) is 10.6 Å². The van der Waals surface area contributed by atoms with Gasteiger partial charge in [0.05, 0.1) is 0 Å². The van der Waals surface area contributed by atoms with Gasteiger partial charge in [0.25, 0.3) is 5.91 Å². The predicted molar refractivity (Wildman–Crippen MR) is 89.7 cm³/mol. The van der Waals surface area contributed by atoms with Crippen molar-refractivity contribution in [2.24, 2.45) is 5.92 Å². The Hall–Kier alpha value is -1.84. The smallest absolute Gasteiger partial charge is 0.251 e. The van der Waals surface area contributed by atoms with Crippen molar-refractivity contribution in [2.45, 2.75) is 59.0 Å². The van der Waals surface area contributed by atoms with Crippen molar-refractivity contribution < 1.29 is 9.59 Å². The number of benzene rings is 1. The van der Waals surface area contributed by atoms with Crippen LogP contribution in [-0.2, 0) is 4.79 Å². The van der Waals surface area contributed by atoms with E-state index in [1.807, 2.05) is 13.0 Å². The van der Waals surface area contributed by atoms with E-state index in [0.717, 1.165) is 12.8 Å². The summed E-state index contributed by atoms with van der Waals surface area (Å²) in [6, 6.07) is 8.50. The van der Waals surface area contributed by atoms with Crippen LogP contribution in [0.2, 0.25) is 0 Å². The van der Waals surface area contributed by atoms with Gasteiger partial charge in [0, 0.05) is 11.6 Å². The third-order valence-electron chi connectivity index (χ3n) is 3.58. The molecule has 1 aromatic rings. The summed E-state index contributed by atoms with van der Waals surface area (Å²) in [5.41, 5.74) is 0.562. The maximum absolute atomic E-state index is 12.1. The van der Waals surface area contributed by atoms with Gasteiger partial charge in [-0.25, -0.2) is 0 Å². The van der Waals surface area contributed by atoms with Gasteiger partial charge in [-0.2, -0.15) is 0 Å². The van der Waals surface area contributed by atoms with E-state index in [1.165, 1.54) is 6.42 Å². The van der Waals surface area contributed by atoms with Crippen LogP contribution in [0, 0.1) is 5.92 Å². The number of carbonyl (C=O) groups excluding carboxylic acids is 2. The number of hydrogen-bond donors (Lipinski definition) is 2. The van der Waals surface area contributed by atoms with Crippen LogP contribution in [0.4, 0.5) is 0 Å². The molecule has 2 atom stereocenters.